The Hall–Kier alpha value is -1.17. The fourth-order valence-corrected chi connectivity index (χ4v) is 3.55. The molecule has 2 N–H and O–H groups in total. The maximum Gasteiger partial charge on any atom is 0.254 e. The van der Waals surface area contributed by atoms with Crippen molar-refractivity contribution in [1.82, 2.24) is 4.90 Å². The summed E-state index contributed by atoms with van der Waals surface area (Å²) in [6.45, 7) is 1.16. The highest BCUT2D eigenvalue weighted by Gasteiger charge is 2.15. The molecular formula is C15H17BrN2OS. The first kappa shape index (κ1) is 15.2. The first-order valence-corrected chi connectivity index (χ1v) is 8.05. The van der Waals surface area contributed by atoms with E-state index in [9.17, 15) is 4.79 Å². The van der Waals surface area contributed by atoms with Crippen LogP contribution in [0.2, 0.25) is 0 Å². The average Bonchev–Trinajstić information content (AvgIpc) is 2.84. The zero-order valence-electron chi connectivity index (χ0n) is 11.3. The molecule has 1 heterocycles. The molecule has 0 aliphatic heterocycles. The number of halogens is 1. The molecule has 5 heteroatoms. The lowest BCUT2D eigenvalue weighted by Crippen LogP contribution is -2.27. The van der Waals surface area contributed by atoms with Crippen molar-refractivity contribution >= 4 is 33.2 Å². The molecule has 2 aromatic rings. The molecule has 2 rings (SSSR count). The van der Waals surface area contributed by atoms with Gasteiger partial charge in [0.05, 0.1) is 6.54 Å². The number of hydrogen-bond acceptors (Lipinski definition) is 3. The van der Waals surface area contributed by atoms with E-state index in [1.54, 1.807) is 16.2 Å². The first-order chi connectivity index (χ1) is 9.61. The van der Waals surface area contributed by atoms with E-state index in [2.05, 4.69) is 15.9 Å². The molecule has 0 bridgehead atoms. The smallest absolute Gasteiger partial charge is 0.254 e. The first-order valence-electron chi connectivity index (χ1n) is 6.38. The van der Waals surface area contributed by atoms with Crippen LogP contribution >= 0.6 is 27.3 Å². The summed E-state index contributed by atoms with van der Waals surface area (Å²) >= 11 is 5.07. The summed E-state index contributed by atoms with van der Waals surface area (Å²) in [5.74, 6) is 0.0403. The van der Waals surface area contributed by atoms with Gasteiger partial charge in [-0.3, -0.25) is 4.79 Å². The Kier molecular flexibility index (Phi) is 5.34. The van der Waals surface area contributed by atoms with Crippen molar-refractivity contribution in [2.75, 3.05) is 13.6 Å². The van der Waals surface area contributed by atoms with Crippen LogP contribution in [0.1, 0.15) is 20.8 Å². The highest BCUT2D eigenvalue weighted by molar-refractivity contribution is 9.10. The second kappa shape index (κ2) is 7.02. The summed E-state index contributed by atoms with van der Waals surface area (Å²) in [6.07, 6.45) is 0.723. The summed E-state index contributed by atoms with van der Waals surface area (Å²) < 4.78 is 1.06. The fraction of sp³-hybridized carbons (Fsp3) is 0.267. The van der Waals surface area contributed by atoms with E-state index in [-0.39, 0.29) is 5.91 Å². The summed E-state index contributed by atoms with van der Waals surface area (Å²) in [6, 6.07) is 9.71. The Morgan fingerprint density at radius 3 is 2.80 bits per heavy atom. The fourth-order valence-electron chi connectivity index (χ4n) is 2.05. The minimum Gasteiger partial charge on any atom is -0.337 e. The Morgan fingerprint density at radius 1 is 1.40 bits per heavy atom. The highest BCUT2D eigenvalue weighted by Crippen LogP contribution is 2.21. The lowest BCUT2D eigenvalue weighted by atomic mass is 10.0. The van der Waals surface area contributed by atoms with E-state index >= 15 is 0 Å². The van der Waals surface area contributed by atoms with E-state index in [4.69, 9.17) is 5.73 Å². The van der Waals surface area contributed by atoms with Gasteiger partial charge in [0.15, 0.2) is 0 Å². The number of nitrogens with zero attached hydrogens (tertiary/aromatic N) is 1. The average molecular weight is 353 g/mol. The van der Waals surface area contributed by atoms with Crippen LogP contribution in [0.25, 0.3) is 0 Å². The van der Waals surface area contributed by atoms with Gasteiger partial charge in [0.25, 0.3) is 5.91 Å². The summed E-state index contributed by atoms with van der Waals surface area (Å²) in [5, 5.41) is 2.02. The number of amides is 1. The van der Waals surface area contributed by atoms with Gasteiger partial charge in [-0.05, 0) is 46.6 Å². The van der Waals surface area contributed by atoms with E-state index < -0.39 is 0 Å². The summed E-state index contributed by atoms with van der Waals surface area (Å²) in [7, 11) is 1.83. The van der Waals surface area contributed by atoms with Crippen LogP contribution < -0.4 is 5.73 Å². The standard InChI is InChI=1S/C15H17BrN2OS/c1-18(9-13-8-12(16)10-20-13)15(19)14-5-3-2-4-11(14)6-7-17/h2-5,8,10H,6-7,9,17H2,1H3. The third-order valence-electron chi connectivity index (χ3n) is 3.02. The number of carbonyl (C=O) groups is 1. The van der Waals surface area contributed by atoms with Gasteiger partial charge in [0.1, 0.15) is 0 Å². The monoisotopic (exact) mass is 352 g/mol. The number of benzene rings is 1. The molecule has 20 heavy (non-hydrogen) atoms. The van der Waals surface area contributed by atoms with Gasteiger partial charge in [-0.25, -0.2) is 0 Å². The van der Waals surface area contributed by atoms with Crippen LogP contribution in [0.3, 0.4) is 0 Å². The second-order valence-corrected chi connectivity index (χ2v) is 6.50. The highest BCUT2D eigenvalue weighted by atomic mass is 79.9. The predicted molar refractivity (Wildman–Crippen MR) is 87.0 cm³/mol. The van der Waals surface area contributed by atoms with E-state index in [1.165, 1.54) is 0 Å². The van der Waals surface area contributed by atoms with Gasteiger partial charge in [0, 0.05) is 27.3 Å². The zero-order valence-corrected chi connectivity index (χ0v) is 13.7. The maximum atomic E-state index is 12.5. The number of hydrogen-bond donors (Lipinski definition) is 1. The van der Waals surface area contributed by atoms with Gasteiger partial charge in [0.2, 0.25) is 0 Å². The van der Waals surface area contributed by atoms with Crippen molar-refractivity contribution in [2.24, 2.45) is 5.73 Å². The van der Waals surface area contributed by atoms with E-state index in [1.807, 2.05) is 42.8 Å². The number of thiophene rings is 1. The van der Waals surface area contributed by atoms with Crippen LogP contribution in [0.4, 0.5) is 0 Å². The van der Waals surface area contributed by atoms with Crippen LogP contribution in [0.5, 0.6) is 0 Å². The van der Waals surface area contributed by atoms with Gasteiger partial charge < -0.3 is 10.6 Å². The quantitative estimate of drug-likeness (QED) is 0.897. The van der Waals surface area contributed by atoms with Gasteiger partial charge in [-0.1, -0.05) is 18.2 Å². The molecule has 0 aliphatic carbocycles. The Bertz CT molecular complexity index is 597. The third-order valence-corrected chi connectivity index (χ3v) is 4.71. The molecule has 0 atom stereocenters. The second-order valence-electron chi connectivity index (χ2n) is 4.59. The summed E-state index contributed by atoms with van der Waals surface area (Å²) in [4.78, 5) is 15.4. The molecule has 1 aromatic heterocycles. The van der Waals surface area contributed by atoms with Gasteiger partial charge in [-0.2, -0.15) is 0 Å². The van der Waals surface area contributed by atoms with Crippen LogP contribution in [0.15, 0.2) is 40.2 Å². The molecule has 0 saturated heterocycles. The topological polar surface area (TPSA) is 46.3 Å². The van der Waals surface area contributed by atoms with Crippen molar-refractivity contribution in [3.05, 3.63) is 56.2 Å². The Balaban J connectivity index is 2.14. The zero-order chi connectivity index (χ0) is 14.5. The number of carbonyl (C=O) groups excluding carboxylic acids is 1. The lowest BCUT2D eigenvalue weighted by molar-refractivity contribution is 0.0785. The largest absolute Gasteiger partial charge is 0.337 e. The van der Waals surface area contributed by atoms with E-state index in [0.717, 1.165) is 26.9 Å². The molecule has 0 fully saturated rings. The molecular weight excluding hydrogens is 336 g/mol. The Labute approximate surface area is 131 Å². The van der Waals surface area contributed by atoms with Crippen molar-refractivity contribution in [3.8, 4) is 0 Å². The molecule has 0 aliphatic rings. The van der Waals surface area contributed by atoms with E-state index in [0.29, 0.717) is 13.1 Å². The normalized spacial score (nSPS) is 10.6. The molecule has 3 nitrogen and oxygen atoms in total. The third kappa shape index (κ3) is 3.69. The molecule has 0 unspecified atom stereocenters. The number of rotatable bonds is 5. The minimum atomic E-state index is 0.0403. The SMILES string of the molecule is CN(Cc1cc(Br)cs1)C(=O)c1ccccc1CCN. The van der Waals surface area contributed by atoms with Crippen LogP contribution in [-0.4, -0.2) is 24.4 Å². The minimum absolute atomic E-state index is 0.0403. The van der Waals surface area contributed by atoms with Crippen LogP contribution in [-0.2, 0) is 13.0 Å². The molecule has 0 radical (unpaired) electrons. The van der Waals surface area contributed by atoms with Crippen molar-refractivity contribution in [1.29, 1.82) is 0 Å². The maximum absolute atomic E-state index is 12.5. The molecule has 0 spiro atoms. The van der Waals surface area contributed by atoms with Crippen molar-refractivity contribution < 1.29 is 4.79 Å². The van der Waals surface area contributed by atoms with Gasteiger partial charge >= 0.3 is 0 Å². The summed E-state index contributed by atoms with van der Waals surface area (Å²) in [5.41, 5.74) is 7.36. The van der Waals surface area contributed by atoms with Crippen LogP contribution in [0, 0.1) is 0 Å². The van der Waals surface area contributed by atoms with Gasteiger partial charge in [-0.15, -0.1) is 11.3 Å². The molecule has 1 amide bonds. The Morgan fingerprint density at radius 2 is 2.15 bits per heavy atom. The van der Waals surface area contributed by atoms with Crippen molar-refractivity contribution in [3.63, 3.8) is 0 Å². The molecule has 1 aromatic carbocycles. The molecule has 0 saturated carbocycles. The predicted octanol–water partition coefficient (Wildman–Crippen LogP) is 3.28. The molecule has 106 valence electrons. The van der Waals surface area contributed by atoms with Crippen molar-refractivity contribution in [2.45, 2.75) is 13.0 Å². The lowest BCUT2D eigenvalue weighted by Gasteiger charge is -2.18. The number of nitrogens with two attached hydrogens (primary N) is 1.